The first-order valence-corrected chi connectivity index (χ1v) is 5.30. The fourth-order valence-corrected chi connectivity index (χ4v) is 1.44. The van der Waals surface area contributed by atoms with Gasteiger partial charge >= 0.3 is 11.9 Å². The van der Waals surface area contributed by atoms with E-state index >= 15 is 0 Å². The topological polar surface area (TPSA) is 66.9 Å². The van der Waals surface area contributed by atoms with Crippen LogP contribution in [-0.4, -0.2) is 28.2 Å². The molecule has 0 saturated carbocycles. The summed E-state index contributed by atoms with van der Waals surface area (Å²) in [5, 5.41) is 1.75. The minimum Gasteiger partial charge on any atom is -0.347 e. The minimum absolute atomic E-state index is 0.0543. The highest BCUT2D eigenvalue weighted by molar-refractivity contribution is 5.75. The Balaban J connectivity index is 2.51. The summed E-state index contributed by atoms with van der Waals surface area (Å²) >= 11 is 0. The molecule has 0 atom stereocenters. The molecule has 1 heterocycles. The van der Waals surface area contributed by atoms with Crippen LogP contribution in [0.3, 0.4) is 0 Å². The lowest BCUT2D eigenvalue weighted by Gasteiger charge is -2.08. The van der Waals surface area contributed by atoms with Gasteiger partial charge in [0.15, 0.2) is 0 Å². The number of hydrogen-bond donors (Lipinski definition) is 2. The fourth-order valence-electron chi connectivity index (χ4n) is 1.44. The van der Waals surface area contributed by atoms with Crippen LogP contribution in [0.5, 0.6) is 0 Å². The van der Waals surface area contributed by atoms with E-state index < -0.39 is 18.6 Å². The molecule has 0 saturated heterocycles. The predicted molar refractivity (Wildman–Crippen MR) is 58.2 cm³/mol. The van der Waals surface area contributed by atoms with Crippen molar-refractivity contribution in [3.63, 3.8) is 0 Å². The second-order valence-corrected chi connectivity index (χ2v) is 3.93. The van der Waals surface area contributed by atoms with E-state index in [2.05, 4.69) is 4.98 Å². The van der Waals surface area contributed by atoms with Crippen molar-refractivity contribution in [2.75, 3.05) is 6.54 Å². The summed E-state index contributed by atoms with van der Waals surface area (Å²) in [6, 6.07) is 0. The largest absolute Gasteiger partial charge is 0.405 e. The normalized spacial score (nSPS) is 11.6. The van der Waals surface area contributed by atoms with Crippen LogP contribution >= 0.6 is 0 Å². The van der Waals surface area contributed by atoms with E-state index in [0.29, 0.717) is 11.4 Å². The summed E-state index contributed by atoms with van der Waals surface area (Å²) in [4.78, 5) is 25.1. The van der Waals surface area contributed by atoms with Crippen LogP contribution in [0, 0.1) is 13.8 Å². The third kappa shape index (κ3) is 3.94. The summed E-state index contributed by atoms with van der Waals surface area (Å²) in [6.45, 7) is 2.10. The standard InChI is InChI=1S/C10H14F3N3O2/c1-6-7(2)16(9(18)15-6)4-3-8(17)14-5-10(11,12)13/h3-5H2,1-2H3,(H,14,17)(H,15,18). The number of amides is 1. The average molecular weight is 265 g/mol. The predicted octanol–water partition coefficient (Wildman–Crippen LogP) is 0.862. The first kappa shape index (κ1) is 14.3. The van der Waals surface area contributed by atoms with Gasteiger partial charge in [-0.3, -0.25) is 9.36 Å². The maximum Gasteiger partial charge on any atom is 0.405 e. The first-order chi connectivity index (χ1) is 8.20. The van der Waals surface area contributed by atoms with Crippen molar-refractivity contribution in [2.45, 2.75) is 33.0 Å². The third-order valence-corrected chi connectivity index (χ3v) is 2.54. The van der Waals surface area contributed by atoms with E-state index in [1.54, 1.807) is 19.2 Å². The van der Waals surface area contributed by atoms with Crippen LogP contribution in [0.15, 0.2) is 4.79 Å². The Morgan fingerprint density at radius 1 is 1.39 bits per heavy atom. The van der Waals surface area contributed by atoms with Gasteiger partial charge in [-0.15, -0.1) is 0 Å². The molecule has 102 valence electrons. The van der Waals surface area contributed by atoms with E-state index in [4.69, 9.17) is 0 Å². The van der Waals surface area contributed by atoms with Gasteiger partial charge in [-0.2, -0.15) is 13.2 Å². The van der Waals surface area contributed by atoms with Gasteiger partial charge in [-0.05, 0) is 13.8 Å². The van der Waals surface area contributed by atoms with Crippen molar-refractivity contribution in [1.29, 1.82) is 0 Å². The van der Waals surface area contributed by atoms with Gasteiger partial charge in [0.05, 0.1) is 0 Å². The molecule has 1 aromatic heterocycles. The minimum atomic E-state index is -4.42. The molecule has 0 spiro atoms. The second kappa shape index (κ2) is 5.28. The Morgan fingerprint density at radius 2 is 2.00 bits per heavy atom. The molecule has 2 N–H and O–H groups in total. The summed E-state index contributed by atoms with van der Waals surface area (Å²) < 4.78 is 36.8. The molecule has 5 nitrogen and oxygen atoms in total. The zero-order valence-electron chi connectivity index (χ0n) is 10.0. The zero-order chi connectivity index (χ0) is 13.9. The number of aryl methyl sites for hydroxylation is 1. The lowest BCUT2D eigenvalue weighted by atomic mass is 10.3. The zero-order valence-corrected chi connectivity index (χ0v) is 10.0. The van der Waals surface area contributed by atoms with Crippen molar-refractivity contribution in [3.05, 3.63) is 21.9 Å². The number of halogens is 3. The number of H-pyrrole nitrogens is 1. The molecular formula is C10H14F3N3O2. The lowest BCUT2D eigenvalue weighted by molar-refractivity contribution is -0.138. The van der Waals surface area contributed by atoms with E-state index in [1.807, 2.05) is 0 Å². The van der Waals surface area contributed by atoms with Crippen LogP contribution in [0.2, 0.25) is 0 Å². The maximum atomic E-state index is 11.8. The molecule has 0 aliphatic carbocycles. The van der Waals surface area contributed by atoms with Gasteiger partial charge in [0.2, 0.25) is 5.91 Å². The maximum absolute atomic E-state index is 11.8. The molecule has 18 heavy (non-hydrogen) atoms. The van der Waals surface area contributed by atoms with Gasteiger partial charge in [0.1, 0.15) is 6.54 Å². The number of aromatic amines is 1. The van der Waals surface area contributed by atoms with Crippen molar-refractivity contribution in [3.8, 4) is 0 Å². The second-order valence-electron chi connectivity index (χ2n) is 3.93. The molecular weight excluding hydrogens is 251 g/mol. The van der Waals surface area contributed by atoms with Gasteiger partial charge in [-0.1, -0.05) is 0 Å². The number of nitrogens with one attached hydrogen (secondary N) is 2. The molecule has 0 fully saturated rings. The SMILES string of the molecule is Cc1[nH]c(=O)n(CCC(=O)NCC(F)(F)F)c1C. The fraction of sp³-hybridized carbons (Fsp3) is 0.600. The first-order valence-electron chi connectivity index (χ1n) is 5.30. The summed E-state index contributed by atoms with van der Waals surface area (Å²) in [6.07, 6.45) is -4.60. The van der Waals surface area contributed by atoms with Crippen LogP contribution in [-0.2, 0) is 11.3 Å². The van der Waals surface area contributed by atoms with Crippen molar-refractivity contribution < 1.29 is 18.0 Å². The molecule has 0 bridgehead atoms. The highest BCUT2D eigenvalue weighted by atomic mass is 19.4. The van der Waals surface area contributed by atoms with Gasteiger partial charge in [-0.25, -0.2) is 4.79 Å². The van der Waals surface area contributed by atoms with Crippen molar-refractivity contribution in [1.82, 2.24) is 14.9 Å². The molecule has 1 aromatic rings. The van der Waals surface area contributed by atoms with Gasteiger partial charge in [0, 0.05) is 24.4 Å². The number of nitrogens with zero attached hydrogens (tertiary/aromatic N) is 1. The number of rotatable bonds is 4. The number of carbonyl (C=O) groups is 1. The Labute approximate surface area is 101 Å². The number of aromatic nitrogens is 2. The lowest BCUT2D eigenvalue weighted by Crippen LogP contribution is -2.34. The van der Waals surface area contributed by atoms with E-state index in [1.165, 1.54) is 4.57 Å². The van der Waals surface area contributed by atoms with Crippen LogP contribution < -0.4 is 11.0 Å². The molecule has 1 rings (SSSR count). The van der Waals surface area contributed by atoms with Crippen molar-refractivity contribution >= 4 is 5.91 Å². The van der Waals surface area contributed by atoms with E-state index in [-0.39, 0.29) is 18.7 Å². The highest BCUT2D eigenvalue weighted by Gasteiger charge is 2.27. The summed E-state index contributed by atoms with van der Waals surface area (Å²) in [5.74, 6) is -0.738. The van der Waals surface area contributed by atoms with Crippen LogP contribution in [0.25, 0.3) is 0 Å². The van der Waals surface area contributed by atoms with E-state index in [0.717, 1.165) is 0 Å². The smallest absolute Gasteiger partial charge is 0.347 e. The third-order valence-electron chi connectivity index (χ3n) is 2.54. The number of alkyl halides is 3. The Kier molecular flexibility index (Phi) is 4.20. The molecule has 0 unspecified atom stereocenters. The molecule has 0 radical (unpaired) electrons. The van der Waals surface area contributed by atoms with Gasteiger partial charge < -0.3 is 10.3 Å². The molecule has 8 heteroatoms. The van der Waals surface area contributed by atoms with Crippen molar-refractivity contribution in [2.24, 2.45) is 0 Å². The summed E-state index contributed by atoms with van der Waals surface area (Å²) in [5.41, 5.74) is 0.980. The van der Waals surface area contributed by atoms with Crippen LogP contribution in [0.1, 0.15) is 17.8 Å². The molecule has 0 aliphatic heterocycles. The Hall–Kier alpha value is -1.73. The van der Waals surface area contributed by atoms with Gasteiger partial charge in [0.25, 0.3) is 0 Å². The monoisotopic (exact) mass is 265 g/mol. The molecule has 0 aliphatic rings. The Morgan fingerprint density at radius 3 is 2.44 bits per heavy atom. The molecule has 1 amide bonds. The number of carbonyl (C=O) groups excluding carboxylic acids is 1. The average Bonchev–Trinajstić information content (AvgIpc) is 2.47. The number of hydrogen-bond acceptors (Lipinski definition) is 2. The number of imidazole rings is 1. The Bertz CT molecular complexity index is 488. The van der Waals surface area contributed by atoms with Crippen LogP contribution in [0.4, 0.5) is 13.2 Å². The van der Waals surface area contributed by atoms with E-state index in [9.17, 15) is 22.8 Å². The molecule has 0 aromatic carbocycles. The quantitative estimate of drug-likeness (QED) is 0.848. The highest BCUT2D eigenvalue weighted by Crippen LogP contribution is 2.12. The summed E-state index contributed by atoms with van der Waals surface area (Å²) in [7, 11) is 0.